The van der Waals surface area contributed by atoms with Gasteiger partial charge in [0.1, 0.15) is 5.60 Å². The fourth-order valence-corrected chi connectivity index (χ4v) is 43.2. The Balaban J connectivity index is 4.72. The van der Waals surface area contributed by atoms with Gasteiger partial charge >= 0.3 is 34.2 Å². The van der Waals surface area contributed by atoms with Crippen LogP contribution >= 0.6 is 0 Å². The van der Waals surface area contributed by atoms with Gasteiger partial charge in [-0.2, -0.15) is 0 Å². The van der Waals surface area contributed by atoms with Crippen molar-refractivity contribution in [2.45, 2.75) is 155 Å². The highest BCUT2D eigenvalue weighted by molar-refractivity contribution is 6.90. The molecule has 0 spiro atoms. The van der Waals surface area contributed by atoms with E-state index in [1.807, 2.05) is 0 Å². The van der Waals surface area contributed by atoms with Crippen molar-refractivity contribution in [3.05, 3.63) is 0 Å². The summed E-state index contributed by atoms with van der Waals surface area (Å²) in [5.74, 6) is 0. The van der Waals surface area contributed by atoms with Gasteiger partial charge in [-0.1, -0.05) is 6.42 Å². The molecule has 0 radical (unpaired) electrons. The smallest absolute Gasteiger partial charge is 0.312 e. The molecular weight excluding hydrogens is 733 g/mol. The number of aliphatic hydroxyl groups is 2. The van der Waals surface area contributed by atoms with Crippen molar-refractivity contribution in [2.24, 2.45) is 0 Å². The summed E-state index contributed by atoms with van der Waals surface area (Å²) in [5, 5.41) is 20.2. The topological polar surface area (TPSA) is 114 Å². The van der Waals surface area contributed by atoms with Gasteiger partial charge < -0.3 is 44.4 Å². The predicted octanol–water partition coefficient (Wildman–Crippen LogP) is 7.90. The van der Waals surface area contributed by atoms with Gasteiger partial charge in [-0.3, -0.25) is 0 Å². The number of rotatable bonds is 26. The fourth-order valence-electron chi connectivity index (χ4n) is 6.25. The lowest BCUT2D eigenvalue weighted by Crippen LogP contribution is -2.55. The summed E-state index contributed by atoms with van der Waals surface area (Å²) in [4.78, 5) is 0. The van der Waals surface area contributed by atoms with Crippen LogP contribution in [0.1, 0.15) is 19.3 Å². The van der Waals surface area contributed by atoms with Gasteiger partial charge in [0.2, 0.25) is 0 Å². The molecule has 0 saturated heterocycles. The fraction of sp³-hybridized carbons (Fsp3) is 1.00. The number of aliphatic hydroxyl groups excluding tert-OH is 2. The van der Waals surface area contributed by atoms with Crippen molar-refractivity contribution in [1.29, 1.82) is 0 Å². The molecule has 47 heavy (non-hydrogen) atoms. The van der Waals surface area contributed by atoms with Crippen LogP contribution in [0.5, 0.6) is 0 Å². The number of hydrogen-bond donors (Lipinski definition) is 2. The molecule has 0 atom stereocenters. The first-order valence-electron chi connectivity index (χ1n) is 17.4. The minimum atomic E-state index is -2.37. The molecule has 0 aliphatic carbocycles. The summed E-state index contributed by atoms with van der Waals surface area (Å²) in [6.07, 6.45) is 2.58. The second-order valence-electron chi connectivity index (χ2n) is 17.9. The van der Waals surface area contributed by atoms with Crippen molar-refractivity contribution in [2.75, 3.05) is 33.0 Å². The third-order valence-corrected chi connectivity index (χ3v) is 34.9. The van der Waals surface area contributed by atoms with Crippen molar-refractivity contribution in [3.8, 4) is 0 Å². The molecule has 0 aromatic carbocycles. The molecule has 0 saturated carbocycles. The average molecular weight is 810 g/mol. The molecule has 284 valence electrons. The largest absolute Gasteiger partial charge is 0.437 e. The standard InChI is InChI=1S/C29H76O10Si8/c1-40(2,3)34-44(11,12)38-46(15,16)36-42(7,8)24-20-19-23-33-29(26-30,27-31)28-32-22-21-25-43(9,10)37-47(17,18)39-45(13,14)35-41(4,5)6/h30-31H,19-28H2,1-18H3. The first kappa shape index (κ1) is 48.3. The average Bonchev–Trinajstić information content (AvgIpc) is 2.75. The van der Waals surface area contributed by atoms with Crippen molar-refractivity contribution < 1.29 is 44.4 Å². The van der Waals surface area contributed by atoms with Gasteiger partial charge in [0.05, 0.1) is 19.8 Å². The van der Waals surface area contributed by atoms with Crippen LogP contribution in [0.15, 0.2) is 0 Å². The van der Waals surface area contributed by atoms with E-state index in [0.29, 0.717) is 13.2 Å². The van der Waals surface area contributed by atoms with Gasteiger partial charge in [-0.15, -0.1) is 0 Å². The van der Waals surface area contributed by atoms with Gasteiger partial charge in [-0.05, 0) is 143 Å². The second kappa shape index (κ2) is 18.9. The molecule has 0 bridgehead atoms. The first-order valence-corrected chi connectivity index (χ1v) is 41.7. The zero-order chi connectivity index (χ0) is 37.2. The van der Waals surface area contributed by atoms with Crippen LogP contribution < -0.4 is 0 Å². The Morgan fingerprint density at radius 1 is 0.426 bits per heavy atom. The quantitative estimate of drug-likeness (QED) is 0.0661. The normalized spacial score (nSPS) is 15.1. The summed E-state index contributed by atoms with van der Waals surface area (Å²) in [6.45, 7) is 39.6. The monoisotopic (exact) mass is 808 g/mol. The molecular formula is C29H76O10Si8. The molecule has 0 heterocycles. The Labute approximate surface area is 298 Å². The molecule has 0 unspecified atom stereocenters. The van der Waals surface area contributed by atoms with Gasteiger partial charge in [-0.25, -0.2) is 0 Å². The van der Waals surface area contributed by atoms with Crippen LogP contribution in [0.25, 0.3) is 0 Å². The minimum absolute atomic E-state index is 0.139. The molecule has 0 rings (SSSR count). The summed E-state index contributed by atoms with van der Waals surface area (Å²) in [7, 11) is -16.6. The van der Waals surface area contributed by atoms with Crippen molar-refractivity contribution in [3.63, 3.8) is 0 Å². The maximum Gasteiger partial charge on any atom is 0.312 e. The SMILES string of the molecule is C[Si](C)(C)O[Si](C)(C)O[Si](C)(C)O[Si](C)(C)CCCCOC(CO)(CO)COCCC[Si](C)(C)O[Si](C)(C)O[Si](C)(C)O[Si](C)(C)C. The van der Waals surface area contributed by atoms with E-state index in [-0.39, 0.29) is 19.8 Å². The number of ether oxygens (including phenoxy) is 2. The molecule has 0 amide bonds. The van der Waals surface area contributed by atoms with Crippen LogP contribution in [-0.4, -0.2) is 116 Å². The highest BCUT2D eigenvalue weighted by atomic mass is 28.5. The van der Waals surface area contributed by atoms with E-state index in [0.717, 1.165) is 31.4 Å². The minimum Gasteiger partial charge on any atom is -0.437 e. The zero-order valence-electron chi connectivity index (χ0n) is 33.7. The lowest BCUT2D eigenvalue weighted by atomic mass is 10.1. The maximum absolute atomic E-state index is 10.1. The van der Waals surface area contributed by atoms with E-state index >= 15 is 0 Å². The van der Waals surface area contributed by atoms with E-state index in [1.54, 1.807) is 0 Å². The number of hydrogen-bond acceptors (Lipinski definition) is 10. The first-order chi connectivity index (χ1) is 20.8. The highest BCUT2D eigenvalue weighted by Gasteiger charge is 2.44. The van der Waals surface area contributed by atoms with Gasteiger partial charge in [0.15, 0.2) is 33.3 Å². The highest BCUT2D eigenvalue weighted by Crippen LogP contribution is 2.28. The van der Waals surface area contributed by atoms with Crippen molar-refractivity contribution >= 4 is 67.5 Å². The molecule has 10 nitrogen and oxygen atoms in total. The maximum atomic E-state index is 10.1. The summed E-state index contributed by atoms with van der Waals surface area (Å²) < 4.78 is 51.3. The van der Waals surface area contributed by atoms with Crippen LogP contribution in [0.4, 0.5) is 0 Å². The molecule has 0 aliphatic rings. The Hall–Kier alpha value is 1.34. The number of unbranched alkanes of at least 4 members (excludes halogenated alkanes) is 1. The predicted molar refractivity (Wildman–Crippen MR) is 215 cm³/mol. The zero-order valence-corrected chi connectivity index (χ0v) is 41.7. The third kappa shape index (κ3) is 24.3. The van der Waals surface area contributed by atoms with Crippen molar-refractivity contribution in [1.82, 2.24) is 0 Å². The van der Waals surface area contributed by atoms with Crippen LogP contribution in [0.3, 0.4) is 0 Å². The van der Waals surface area contributed by atoms with E-state index in [1.165, 1.54) is 0 Å². The van der Waals surface area contributed by atoms with E-state index in [9.17, 15) is 10.2 Å². The second-order valence-corrected chi connectivity index (χ2v) is 50.5. The van der Waals surface area contributed by atoms with Gasteiger partial charge in [0, 0.05) is 13.2 Å². The third-order valence-electron chi connectivity index (χ3n) is 6.72. The summed E-state index contributed by atoms with van der Waals surface area (Å²) >= 11 is 0. The van der Waals surface area contributed by atoms with Crippen LogP contribution in [-0.2, 0) is 34.2 Å². The summed E-state index contributed by atoms with van der Waals surface area (Å²) in [6, 6.07) is 1.90. The summed E-state index contributed by atoms with van der Waals surface area (Å²) in [5.41, 5.74) is -1.11. The molecule has 0 aliphatic heterocycles. The van der Waals surface area contributed by atoms with Gasteiger partial charge in [0.25, 0.3) is 0 Å². The van der Waals surface area contributed by atoms with E-state index in [2.05, 4.69) is 118 Å². The van der Waals surface area contributed by atoms with Crippen LogP contribution in [0.2, 0.25) is 130 Å². The molecule has 0 aromatic heterocycles. The molecule has 0 fully saturated rings. The Kier molecular flexibility index (Phi) is 19.4. The Morgan fingerprint density at radius 3 is 1.15 bits per heavy atom. The van der Waals surface area contributed by atoms with Crippen LogP contribution in [0, 0.1) is 0 Å². The molecule has 18 heteroatoms. The Bertz CT molecular complexity index is 834. The molecule has 0 aromatic rings. The van der Waals surface area contributed by atoms with E-state index < -0.39 is 73.1 Å². The lowest BCUT2D eigenvalue weighted by Gasteiger charge is -2.40. The van der Waals surface area contributed by atoms with E-state index in [4.69, 9.17) is 34.2 Å². The lowest BCUT2D eigenvalue weighted by molar-refractivity contribution is -0.146. The molecule has 2 N–H and O–H groups in total. The Morgan fingerprint density at radius 2 is 0.787 bits per heavy atom.